The molecular weight excluding hydrogens is 298 g/mol. The van der Waals surface area contributed by atoms with Crippen LogP contribution in [0.15, 0.2) is 48.8 Å². The molecule has 4 nitrogen and oxygen atoms in total. The van der Waals surface area contributed by atoms with Gasteiger partial charge in [-0.1, -0.05) is 31.0 Å². The highest BCUT2D eigenvalue weighted by molar-refractivity contribution is 5.94. The molecule has 0 atom stereocenters. The van der Waals surface area contributed by atoms with Crippen molar-refractivity contribution >= 4 is 5.91 Å². The van der Waals surface area contributed by atoms with E-state index in [1.807, 2.05) is 24.3 Å². The smallest absolute Gasteiger partial charge is 0.251 e. The van der Waals surface area contributed by atoms with Crippen LogP contribution in [0.4, 0.5) is 0 Å². The van der Waals surface area contributed by atoms with E-state index in [2.05, 4.69) is 27.3 Å². The Balaban J connectivity index is 1.52. The number of hydrogen-bond donors (Lipinski definition) is 1. The first-order valence-corrected chi connectivity index (χ1v) is 8.80. The quantitative estimate of drug-likeness (QED) is 0.917. The molecule has 0 saturated carbocycles. The van der Waals surface area contributed by atoms with E-state index < -0.39 is 0 Å². The number of benzene rings is 1. The lowest BCUT2D eigenvalue weighted by Crippen LogP contribution is -2.24. The monoisotopic (exact) mass is 323 g/mol. The maximum Gasteiger partial charge on any atom is 0.251 e. The van der Waals surface area contributed by atoms with Gasteiger partial charge in [0, 0.05) is 31.0 Å². The van der Waals surface area contributed by atoms with Gasteiger partial charge in [0.2, 0.25) is 0 Å². The third-order valence-electron chi connectivity index (χ3n) is 4.50. The SMILES string of the molecule is O=C(NCc1cccnc1)c1ccc(CN2CCCCCC2)cc1. The van der Waals surface area contributed by atoms with Crippen LogP contribution in [-0.2, 0) is 13.1 Å². The normalized spacial score (nSPS) is 15.7. The zero-order valence-corrected chi connectivity index (χ0v) is 14.1. The molecule has 1 aliphatic rings. The van der Waals surface area contributed by atoms with E-state index in [1.165, 1.54) is 44.3 Å². The Labute approximate surface area is 143 Å². The van der Waals surface area contributed by atoms with Gasteiger partial charge >= 0.3 is 0 Å². The minimum absolute atomic E-state index is 0.0415. The third kappa shape index (κ3) is 4.90. The number of pyridine rings is 1. The molecule has 0 aliphatic carbocycles. The predicted molar refractivity (Wildman–Crippen MR) is 95.6 cm³/mol. The van der Waals surface area contributed by atoms with Gasteiger partial charge in [-0.2, -0.15) is 0 Å². The highest BCUT2D eigenvalue weighted by atomic mass is 16.1. The summed E-state index contributed by atoms with van der Waals surface area (Å²) in [5.41, 5.74) is 2.99. The highest BCUT2D eigenvalue weighted by Crippen LogP contribution is 2.14. The average molecular weight is 323 g/mol. The second-order valence-electron chi connectivity index (χ2n) is 6.43. The molecule has 1 fully saturated rings. The summed E-state index contributed by atoms with van der Waals surface area (Å²) in [7, 11) is 0. The number of nitrogens with one attached hydrogen (secondary N) is 1. The summed E-state index contributed by atoms with van der Waals surface area (Å²) in [4.78, 5) is 18.8. The third-order valence-corrected chi connectivity index (χ3v) is 4.50. The number of nitrogens with zero attached hydrogens (tertiary/aromatic N) is 2. The number of carbonyl (C=O) groups excluding carboxylic acids is 1. The zero-order valence-electron chi connectivity index (χ0n) is 14.1. The van der Waals surface area contributed by atoms with Gasteiger partial charge in [-0.05, 0) is 55.3 Å². The fourth-order valence-electron chi connectivity index (χ4n) is 3.10. The number of amides is 1. The molecular formula is C20H25N3O. The molecule has 1 aromatic heterocycles. The fourth-order valence-corrected chi connectivity index (χ4v) is 3.10. The van der Waals surface area contributed by atoms with Gasteiger partial charge in [-0.3, -0.25) is 14.7 Å². The van der Waals surface area contributed by atoms with E-state index >= 15 is 0 Å². The lowest BCUT2D eigenvalue weighted by Gasteiger charge is -2.19. The summed E-state index contributed by atoms with van der Waals surface area (Å²) in [5, 5.41) is 2.93. The Hall–Kier alpha value is -2.20. The molecule has 24 heavy (non-hydrogen) atoms. The molecule has 0 spiro atoms. The summed E-state index contributed by atoms with van der Waals surface area (Å²) in [6.07, 6.45) is 8.81. The van der Waals surface area contributed by atoms with Crippen molar-refractivity contribution in [1.29, 1.82) is 0 Å². The fraction of sp³-hybridized carbons (Fsp3) is 0.400. The molecule has 0 radical (unpaired) electrons. The molecule has 126 valence electrons. The van der Waals surface area contributed by atoms with Crippen LogP contribution in [0.3, 0.4) is 0 Å². The van der Waals surface area contributed by atoms with Crippen molar-refractivity contribution in [1.82, 2.24) is 15.2 Å². The van der Waals surface area contributed by atoms with Crippen LogP contribution in [0.2, 0.25) is 0 Å². The van der Waals surface area contributed by atoms with E-state index in [9.17, 15) is 4.79 Å². The number of likely N-dealkylation sites (tertiary alicyclic amines) is 1. The molecule has 0 bridgehead atoms. The van der Waals surface area contributed by atoms with Gasteiger partial charge in [0.25, 0.3) is 5.91 Å². The molecule has 1 aliphatic heterocycles. The molecule has 3 rings (SSSR count). The van der Waals surface area contributed by atoms with E-state index in [0.717, 1.165) is 12.1 Å². The molecule has 0 unspecified atom stereocenters. The summed E-state index contributed by atoms with van der Waals surface area (Å²) in [6, 6.07) is 11.8. The minimum Gasteiger partial charge on any atom is -0.348 e. The first kappa shape index (κ1) is 16.7. The maximum atomic E-state index is 12.2. The van der Waals surface area contributed by atoms with Crippen molar-refractivity contribution in [2.24, 2.45) is 0 Å². The van der Waals surface area contributed by atoms with Gasteiger partial charge in [0.1, 0.15) is 0 Å². The Morgan fingerprint density at radius 1 is 1.00 bits per heavy atom. The number of aromatic nitrogens is 1. The van der Waals surface area contributed by atoms with Crippen LogP contribution in [0.25, 0.3) is 0 Å². The van der Waals surface area contributed by atoms with Gasteiger partial charge in [-0.15, -0.1) is 0 Å². The molecule has 2 aromatic rings. The average Bonchev–Trinajstić information content (AvgIpc) is 2.90. The first-order valence-electron chi connectivity index (χ1n) is 8.80. The largest absolute Gasteiger partial charge is 0.348 e. The van der Waals surface area contributed by atoms with Crippen LogP contribution < -0.4 is 5.32 Å². The Bertz CT molecular complexity index is 632. The van der Waals surface area contributed by atoms with Gasteiger partial charge in [0.15, 0.2) is 0 Å². The Morgan fingerprint density at radius 2 is 1.75 bits per heavy atom. The first-order chi connectivity index (χ1) is 11.8. The van der Waals surface area contributed by atoms with Crippen molar-refractivity contribution in [3.63, 3.8) is 0 Å². The van der Waals surface area contributed by atoms with Crippen molar-refractivity contribution in [3.8, 4) is 0 Å². The Morgan fingerprint density at radius 3 is 2.42 bits per heavy atom. The van der Waals surface area contributed by atoms with Gasteiger partial charge in [-0.25, -0.2) is 0 Å². The molecule has 2 heterocycles. The van der Waals surface area contributed by atoms with E-state index in [4.69, 9.17) is 0 Å². The van der Waals surface area contributed by atoms with E-state index in [0.29, 0.717) is 12.1 Å². The van der Waals surface area contributed by atoms with Crippen LogP contribution in [0.1, 0.15) is 47.2 Å². The van der Waals surface area contributed by atoms with Gasteiger partial charge in [0.05, 0.1) is 0 Å². The predicted octanol–water partition coefficient (Wildman–Crippen LogP) is 3.39. The lowest BCUT2D eigenvalue weighted by atomic mass is 10.1. The molecule has 1 N–H and O–H groups in total. The van der Waals surface area contributed by atoms with E-state index in [1.54, 1.807) is 12.4 Å². The summed E-state index contributed by atoms with van der Waals surface area (Å²) >= 11 is 0. The van der Waals surface area contributed by atoms with Crippen LogP contribution in [-0.4, -0.2) is 28.9 Å². The highest BCUT2D eigenvalue weighted by Gasteiger charge is 2.10. The Kier molecular flexibility index (Phi) is 5.96. The van der Waals surface area contributed by atoms with Gasteiger partial charge < -0.3 is 5.32 Å². The second-order valence-corrected chi connectivity index (χ2v) is 6.43. The molecule has 4 heteroatoms. The van der Waals surface area contributed by atoms with Crippen LogP contribution in [0, 0.1) is 0 Å². The summed E-state index contributed by atoms with van der Waals surface area (Å²) in [5.74, 6) is -0.0415. The topological polar surface area (TPSA) is 45.2 Å². The number of rotatable bonds is 5. The van der Waals surface area contributed by atoms with E-state index in [-0.39, 0.29) is 5.91 Å². The standard InChI is InChI=1S/C20H25N3O/c24-20(22-15-18-6-5-11-21-14-18)19-9-7-17(8-10-19)16-23-12-3-1-2-4-13-23/h5-11,14H,1-4,12-13,15-16H2,(H,22,24). The van der Waals surface area contributed by atoms with Crippen molar-refractivity contribution in [2.75, 3.05) is 13.1 Å². The molecule has 1 amide bonds. The number of hydrogen-bond acceptors (Lipinski definition) is 3. The number of carbonyl (C=O) groups is 1. The second kappa shape index (κ2) is 8.60. The lowest BCUT2D eigenvalue weighted by molar-refractivity contribution is 0.0951. The van der Waals surface area contributed by atoms with Crippen molar-refractivity contribution < 1.29 is 4.79 Å². The zero-order chi connectivity index (χ0) is 16.6. The summed E-state index contributed by atoms with van der Waals surface area (Å²) < 4.78 is 0. The maximum absolute atomic E-state index is 12.2. The van der Waals surface area contributed by atoms with Crippen molar-refractivity contribution in [2.45, 2.75) is 38.8 Å². The van der Waals surface area contributed by atoms with Crippen LogP contribution in [0.5, 0.6) is 0 Å². The van der Waals surface area contributed by atoms with Crippen molar-refractivity contribution in [3.05, 3.63) is 65.5 Å². The molecule has 1 aromatic carbocycles. The minimum atomic E-state index is -0.0415. The van der Waals surface area contributed by atoms with Crippen LogP contribution >= 0.6 is 0 Å². The summed E-state index contributed by atoms with van der Waals surface area (Å²) in [6.45, 7) is 3.86. The molecule has 1 saturated heterocycles.